The van der Waals surface area contributed by atoms with E-state index < -0.39 is 12.1 Å². The second-order valence-corrected chi connectivity index (χ2v) is 5.84. The summed E-state index contributed by atoms with van der Waals surface area (Å²) in [6, 6.07) is 11.7. The van der Waals surface area contributed by atoms with Crippen molar-refractivity contribution in [1.82, 2.24) is 0 Å². The van der Waals surface area contributed by atoms with E-state index in [-0.39, 0.29) is 13.2 Å². The lowest BCUT2D eigenvalue weighted by Gasteiger charge is -2.18. The van der Waals surface area contributed by atoms with Gasteiger partial charge in [-0.15, -0.1) is 0 Å². The van der Waals surface area contributed by atoms with Crippen LogP contribution in [0.4, 0.5) is 0 Å². The minimum absolute atomic E-state index is 0.188. The van der Waals surface area contributed by atoms with E-state index in [4.69, 9.17) is 18.9 Å². The average molecular weight is 358 g/mol. The van der Waals surface area contributed by atoms with Gasteiger partial charge < -0.3 is 18.9 Å². The third-order valence-corrected chi connectivity index (χ3v) is 3.83. The Hall–Kier alpha value is -2.53. The molecule has 140 valence electrons. The summed E-state index contributed by atoms with van der Waals surface area (Å²) >= 11 is 0. The number of hydrogen-bond acceptors (Lipinski definition) is 5. The first-order valence-corrected chi connectivity index (χ1v) is 8.79. The molecule has 0 amide bonds. The summed E-state index contributed by atoms with van der Waals surface area (Å²) in [6.07, 6.45) is 2.72. The second-order valence-electron chi connectivity index (χ2n) is 5.84. The quantitative estimate of drug-likeness (QED) is 0.343. The van der Waals surface area contributed by atoms with E-state index in [0.29, 0.717) is 12.4 Å². The van der Waals surface area contributed by atoms with Crippen LogP contribution in [-0.4, -0.2) is 39.0 Å². The molecule has 2 aromatic rings. The first kappa shape index (κ1) is 19.8. The molecule has 0 aromatic heterocycles. The van der Waals surface area contributed by atoms with E-state index in [2.05, 4.69) is 13.5 Å². The summed E-state index contributed by atoms with van der Waals surface area (Å²) in [7, 11) is 1.55. The number of carbonyl (C=O) groups is 1. The monoisotopic (exact) mass is 358 g/mol. The van der Waals surface area contributed by atoms with Crippen molar-refractivity contribution in [1.29, 1.82) is 0 Å². The number of rotatable bonds is 11. The smallest absolute Gasteiger partial charge is 0.330 e. The van der Waals surface area contributed by atoms with Gasteiger partial charge in [-0.25, -0.2) is 4.79 Å². The molecule has 0 radical (unpaired) electrons. The molecule has 1 unspecified atom stereocenters. The third-order valence-electron chi connectivity index (χ3n) is 3.83. The van der Waals surface area contributed by atoms with E-state index in [0.717, 1.165) is 35.4 Å². The number of unbranched alkanes of at least 4 members (excludes halogenated alkanes) is 1. The zero-order valence-corrected chi connectivity index (χ0v) is 15.4. The molecule has 2 rings (SSSR count). The summed E-state index contributed by atoms with van der Waals surface area (Å²) in [6.45, 7) is 6.66. The largest absolute Gasteiger partial charge is 0.493 e. The van der Waals surface area contributed by atoms with Crippen LogP contribution in [0.5, 0.6) is 11.5 Å². The molecule has 1 atom stereocenters. The van der Waals surface area contributed by atoms with E-state index >= 15 is 0 Å². The molecule has 26 heavy (non-hydrogen) atoms. The fraction of sp³-hybridized carbons (Fsp3) is 0.381. The lowest BCUT2D eigenvalue weighted by atomic mass is 10.1. The van der Waals surface area contributed by atoms with Crippen molar-refractivity contribution in [3.63, 3.8) is 0 Å². The van der Waals surface area contributed by atoms with Crippen molar-refractivity contribution in [2.45, 2.75) is 25.9 Å². The number of hydrogen-bond donors (Lipinski definition) is 0. The van der Waals surface area contributed by atoms with Crippen LogP contribution in [0.3, 0.4) is 0 Å². The van der Waals surface area contributed by atoms with Crippen LogP contribution in [0.15, 0.2) is 49.1 Å². The van der Waals surface area contributed by atoms with Gasteiger partial charge in [-0.2, -0.15) is 0 Å². The first-order valence-electron chi connectivity index (χ1n) is 8.79. The molecular weight excluding hydrogens is 332 g/mol. The van der Waals surface area contributed by atoms with Crippen LogP contribution < -0.4 is 9.47 Å². The number of carbonyl (C=O) groups excluding carboxylic acids is 1. The van der Waals surface area contributed by atoms with Crippen molar-refractivity contribution >= 4 is 16.7 Å². The Morgan fingerprint density at radius 3 is 2.31 bits per heavy atom. The maximum absolute atomic E-state index is 11.4. The molecule has 0 fully saturated rings. The van der Waals surface area contributed by atoms with E-state index in [1.165, 1.54) is 0 Å². The van der Waals surface area contributed by atoms with Gasteiger partial charge in [-0.3, -0.25) is 0 Å². The Morgan fingerprint density at radius 2 is 1.73 bits per heavy atom. The Balaban J connectivity index is 2.15. The molecule has 0 spiro atoms. The minimum Gasteiger partial charge on any atom is -0.493 e. The molecule has 0 aliphatic rings. The molecule has 2 aromatic carbocycles. The number of methoxy groups -OCH3 is 1. The zero-order chi connectivity index (χ0) is 18.8. The highest BCUT2D eigenvalue weighted by molar-refractivity contribution is 5.93. The Bertz CT molecular complexity index is 725. The fourth-order valence-corrected chi connectivity index (χ4v) is 2.52. The molecule has 0 aliphatic heterocycles. The van der Waals surface area contributed by atoms with Gasteiger partial charge in [-0.05, 0) is 18.6 Å². The zero-order valence-electron chi connectivity index (χ0n) is 15.4. The number of benzene rings is 2. The van der Waals surface area contributed by atoms with Gasteiger partial charge in [0.2, 0.25) is 0 Å². The van der Waals surface area contributed by atoms with Crippen LogP contribution in [0.25, 0.3) is 10.8 Å². The summed E-state index contributed by atoms with van der Waals surface area (Å²) in [5, 5.41) is 1.94. The summed E-state index contributed by atoms with van der Waals surface area (Å²) in [4.78, 5) is 11.4. The maximum atomic E-state index is 11.4. The van der Waals surface area contributed by atoms with Gasteiger partial charge in [0.25, 0.3) is 0 Å². The van der Waals surface area contributed by atoms with Crippen molar-refractivity contribution in [3.05, 3.63) is 49.1 Å². The summed E-state index contributed by atoms with van der Waals surface area (Å²) < 4.78 is 22.1. The molecule has 0 bridgehead atoms. The number of fused-ring (bicyclic) bond motifs is 1. The number of ether oxygens (including phenoxy) is 4. The molecule has 5 heteroatoms. The lowest BCUT2D eigenvalue weighted by molar-refractivity contribution is -0.147. The van der Waals surface area contributed by atoms with Crippen LogP contribution in [0.2, 0.25) is 0 Å². The standard InChI is InChI=1S/C21H26O5/c1-4-6-13-24-19-11-12-20(18-10-8-7-9-17(18)19)25-15-16(14-23-3)26-21(22)5-2/h5,7-12,16H,2,4,6,13-15H2,1,3H3. The molecule has 0 heterocycles. The SMILES string of the molecule is C=CC(=O)OC(COC)COc1ccc(OCCCC)c2ccccc12. The Kier molecular flexibility index (Phi) is 7.96. The normalized spacial score (nSPS) is 11.8. The highest BCUT2D eigenvalue weighted by atomic mass is 16.6. The molecular formula is C21H26O5. The van der Waals surface area contributed by atoms with Crippen molar-refractivity contribution in [2.24, 2.45) is 0 Å². The van der Waals surface area contributed by atoms with Crippen LogP contribution in [0.1, 0.15) is 19.8 Å². The predicted octanol–water partition coefficient (Wildman–Crippen LogP) is 4.14. The van der Waals surface area contributed by atoms with Gasteiger partial charge in [0.15, 0.2) is 6.10 Å². The Morgan fingerprint density at radius 1 is 1.08 bits per heavy atom. The van der Waals surface area contributed by atoms with Gasteiger partial charge in [0.05, 0.1) is 13.2 Å². The topological polar surface area (TPSA) is 54.0 Å². The third kappa shape index (κ3) is 5.49. The van der Waals surface area contributed by atoms with Crippen molar-refractivity contribution < 1.29 is 23.7 Å². The van der Waals surface area contributed by atoms with E-state index in [9.17, 15) is 4.79 Å². The van der Waals surface area contributed by atoms with Crippen LogP contribution in [-0.2, 0) is 14.3 Å². The van der Waals surface area contributed by atoms with Gasteiger partial charge in [0, 0.05) is 24.0 Å². The second kappa shape index (κ2) is 10.5. The average Bonchev–Trinajstić information content (AvgIpc) is 2.67. The Labute approximate surface area is 154 Å². The molecule has 0 aliphatic carbocycles. The highest BCUT2D eigenvalue weighted by Crippen LogP contribution is 2.33. The van der Waals surface area contributed by atoms with Gasteiger partial charge in [-0.1, -0.05) is 44.2 Å². The molecule has 0 N–H and O–H groups in total. The summed E-state index contributed by atoms with van der Waals surface area (Å²) in [5.74, 6) is 1.05. The molecule has 0 saturated heterocycles. The molecule has 5 nitrogen and oxygen atoms in total. The van der Waals surface area contributed by atoms with Gasteiger partial charge in [0.1, 0.15) is 18.1 Å². The van der Waals surface area contributed by atoms with Crippen LogP contribution in [0, 0.1) is 0 Å². The minimum atomic E-state index is -0.509. The van der Waals surface area contributed by atoms with Crippen LogP contribution >= 0.6 is 0 Å². The highest BCUT2D eigenvalue weighted by Gasteiger charge is 2.15. The lowest BCUT2D eigenvalue weighted by Crippen LogP contribution is -2.28. The van der Waals surface area contributed by atoms with Crippen molar-refractivity contribution in [3.8, 4) is 11.5 Å². The van der Waals surface area contributed by atoms with E-state index in [1.807, 2.05) is 36.4 Å². The maximum Gasteiger partial charge on any atom is 0.330 e. The number of esters is 1. The predicted molar refractivity (Wildman–Crippen MR) is 102 cm³/mol. The summed E-state index contributed by atoms with van der Waals surface area (Å²) in [5.41, 5.74) is 0. The van der Waals surface area contributed by atoms with E-state index in [1.54, 1.807) is 7.11 Å². The molecule has 0 saturated carbocycles. The van der Waals surface area contributed by atoms with Crippen molar-refractivity contribution in [2.75, 3.05) is 26.9 Å². The van der Waals surface area contributed by atoms with Gasteiger partial charge >= 0.3 is 5.97 Å². The fourth-order valence-electron chi connectivity index (χ4n) is 2.52. The first-order chi connectivity index (χ1) is 12.7.